The third-order valence-corrected chi connectivity index (χ3v) is 3.46. The van der Waals surface area contributed by atoms with Gasteiger partial charge in [-0.1, -0.05) is 0 Å². The first kappa shape index (κ1) is 8.48. The molecular weight excluding hydrogens is 152 g/mol. The Kier molecular flexibility index (Phi) is 2.10. The van der Waals surface area contributed by atoms with Crippen molar-refractivity contribution in [2.75, 3.05) is 33.4 Å². The molecule has 2 aliphatic rings. The smallest absolute Gasteiger partial charge is 0.0624 e. The first-order valence-corrected chi connectivity index (χ1v) is 4.75. The number of hydrogen-bond acceptors (Lipinski definition) is 3. The van der Waals surface area contributed by atoms with Crippen LogP contribution in [0.1, 0.15) is 12.8 Å². The summed E-state index contributed by atoms with van der Waals surface area (Å²) in [5.41, 5.74) is 6.37. The molecule has 0 aromatic heterocycles. The predicted molar refractivity (Wildman–Crippen MR) is 48.0 cm³/mol. The van der Waals surface area contributed by atoms with Crippen LogP contribution in [-0.4, -0.2) is 44.3 Å². The molecule has 1 atom stereocenters. The van der Waals surface area contributed by atoms with E-state index in [4.69, 9.17) is 10.5 Å². The van der Waals surface area contributed by atoms with Crippen LogP contribution < -0.4 is 5.73 Å². The molecule has 1 spiro atoms. The van der Waals surface area contributed by atoms with E-state index < -0.39 is 0 Å². The average Bonchev–Trinajstić information content (AvgIpc) is 2.41. The number of nitrogens with zero attached hydrogens (tertiary/aromatic N) is 1. The van der Waals surface area contributed by atoms with Gasteiger partial charge < -0.3 is 15.4 Å². The largest absolute Gasteiger partial charge is 0.379 e. The van der Waals surface area contributed by atoms with E-state index in [1.165, 1.54) is 25.9 Å². The Hall–Kier alpha value is -0.120. The molecule has 0 aromatic rings. The lowest BCUT2D eigenvalue weighted by Crippen LogP contribution is -2.48. The maximum absolute atomic E-state index is 6.05. The average molecular weight is 170 g/mol. The molecule has 2 aliphatic heterocycles. The molecule has 3 heteroatoms. The normalized spacial score (nSPS) is 36.0. The van der Waals surface area contributed by atoms with E-state index in [9.17, 15) is 0 Å². The molecule has 0 aliphatic carbocycles. The van der Waals surface area contributed by atoms with Crippen LogP contribution in [0.3, 0.4) is 0 Å². The number of piperidine rings is 1. The minimum Gasteiger partial charge on any atom is -0.379 e. The minimum absolute atomic E-state index is 0.284. The topological polar surface area (TPSA) is 38.5 Å². The minimum atomic E-state index is 0.284. The van der Waals surface area contributed by atoms with Crippen molar-refractivity contribution in [2.24, 2.45) is 11.1 Å². The van der Waals surface area contributed by atoms with Gasteiger partial charge in [-0.15, -0.1) is 0 Å². The maximum Gasteiger partial charge on any atom is 0.0624 e. The van der Waals surface area contributed by atoms with Crippen LogP contribution in [0, 0.1) is 5.41 Å². The quantitative estimate of drug-likeness (QED) is 0.558. The molecule has 0 radical (unpaired) electrons. The molecule has 2 heterocycles. The fourth-order valence-corrected chi connectivity index (χ4v) is 2.25. The fourth-order valence-electron chi connectivity index (χ4n) is 2.25. The number of likely N-dealkylation sites (tertiary alicyclic amines) is 1. The summed E-state index contributed by atoms with van der Waals surface area (Å²) < 4.78 is 5.44. The van der Waals surface area contributed by atoms with Gasteiger partial charge in [0.05, 0.1) is 13.2 Å². The first-order chi connectivity index (χ1) is 5.73. The summed E-state index contributed by atoms with van der Waals surface area (Å²) >= 11 is 0. The standard InChI is InChI=1S/C9H18N2O/c1-11-4-2-9(3-5-11)7-12-6-8(9)10/h8H,2-7,10H2,1H3/t8-/m0/s1. The molecule has 2 N–H and O–H groups in total. The predicted octanol–water partition coefficient (Wildman–Crippen LogP) is 0.0559. The molecule has 2 rings (SSSR count). The lowest BCUT2D eigenvalue weighted by atomic mass is 9.75. The highest BCUT2D eigenvalue weighted by molar-refractivity contribution is 4.96. The first-order valence-electron chi connectivity index (χ1n) is 4.75. The van der Waals surface area contributed by atoms with Crippen LogP contribution in [0.25, 0.3) is 0 Å². The van der Waals surface area contributed by atoms with E-state index >= 15 is 0 Å². The van der Waals surface area contributed by atoms with Gasteiger partial charge >= 0.3 is 0 Å². The maximum atomic E-state index is 6.05. The molecule has 2 saturated heterocycles. The third kappa shape index (κ3) is 1.26. The molecule has 0 unspecified atom stereocenters. The highest BCUT2D eigenvalue weighted by atomic mass is 16.5. The lowest BCUT2D eigenvalue weighted by Gasteiger charge is -2.39. The Balaban J connectivity index is 2.02. The summed E-state index contributed by atoms with van der Waals surface area (Å²) in [7, 11) is 2.17. The van der Waals surface area contributed by atoms with E-state index in [0.717, 1.165) is 13.2 Å². The summed E-state index contributed by atoms with van der Waals surface area (Å²) in [5, 5.41) is 0. The number of ether oxygens (including phenoxy) is 1. The monoisotopic (exact) mass is 170 g/mol. The van der Waals surface area contributed by atoms with Crippen LogP contribution in [0.2, 0.25) is 0 Å². The second-order valence-corrected chi connectivity index (χ2v) is 4.29. The van der Waals surface area contributed by atoms with Crippen molar-refractivity contribution in [1.82, 2.24) is 4.90 Å². The van der Waals surface area contributed by atoms with Crippen molar-refractivity contribution < 1.29 is 4.74 Å². The van der Waals surface area contributed by atoms with E-state index in [1.807, 2.05) is 0 Å². The molecule has 12 heavy (non-hydrogen) atoms. The molecule has 0 saturated carbocycles. The second kappa shape index (κ2) is 2.98. The molecule has 3 nitrogen and oxygen atoms in total. The van der Waals surface area contributed by atoms with Gasteiger partial charge in [0, 0.05) is 11.5 Å². The summed E-state index contributed by atoms with van der Waals surface area (Å²) in [6.45, 7) is 4.01. The Bertz CT molecular complexity index is 164. The van der Waals surface area contributed by atoms with Crippen molar-refractivity contribution >= 4 is 0 Å². The van der Waals surface area contributed by atoms with Crippen molar-refractivity contribution in [3.05, 3.63) is 0 Å². The summed E-state index contributed by atoms with van der Waals surface area (Å²) in [6, 6.07) is 0.284. The molecule has 2 fully saturated rings. The lowest BCUT2D eigenvalue weighted by molar-refractivity contribution is 0.0873. The van der Waals surface area contributed by atoms with Crippen LogP contribution in [-0.2, 0) is 4.74 Å². The molecule has 0 aromatic carbocycles. The Labute approximate surface area is 73.9 Å². The van der Waals surface area contributed by atoms with E-state index in [2.05, 4.69) is 11.9 Å². The van der Waals surface area contributed by atoms with Crippen molar-refractivity contribution in [3.63, 3.8) is 0 Å². The Morgan fingerprint density at radius 1 is 1.42 bits per heavy atom. The number of rotatable bonds is 0. The van der Waals surface area contributed by atoms with Crippen molar-refractivity contribution in [3.8, 4) is 0 Å². The van der Waals surface area contributed by atoms with Crippen LogP contribution in [0.4, 0.5) is 0 Å². The van der Waals surface area contributed by atoms with Crippen LogP contribution in [0.15, 0.2) is 0 Å². The fraction of sp³-hybridized carbons (Fsp3) is 1.00. The van der Waals surface area contributed by atoms with Gasteiger partial charge in [-0.25, -0.2) is 0 Å². The highest BCUT2D eigenvalue weighted by Gasteiger charge is 2.43. The molecule has 0 amide bonds. The van der Waals surface area contributed by atoms with E-state index in [-0.39, 0.29) is 6.04 Å². The SMILES string of the molecule is CN1CCC2(CC1)COC[C@@H]2N. The van der Waals surface area contributed by atoms with E-state index in [0.29, 0.717) is 5.41 Å². The van der Waals surface area contributed by atoms with Gasteiger partial charge in [0.25, 0.3) is 0 Å². The number of hydrogen-bond donors (Lipinski definition) is 1. The van der Waals surface area contributed by atoms with Gasteiger partial charge in [0.2, 0.25) is 0 Å². The molecular formula is C9H18N2O. The van der Waals surface area contributed by atoms with Crippen molar-refractivity contribution in [1.29, 1.82) is 0 Å². The van der Waals surface area contributed by atoms with Gasteiger partial charge in [0.15, 0.2) is 0 Å². The van der Waals surface area contributed by atoms with E-state index in [1.54, 1.807) is 0 Å². The van der Waals surface area contributed by atoms with Gasteiger partial charge in [-0.05, 0) is 33.0 Å². The molecule has 70 valence electrons. The van der Waals surface area contributed by atoms with Gasteiger partial charge in [-0.2, -0.15) is 0 Å². The highest BCUT2D eigenvalue weighted by Crippen LogP contribution is 2.37. The Morgan fingerprint density at radius 3 is 2.58 bits per heavy atom. The van der Waals surface area contributed by atoms with Gasteiger partial charge in [-0.3, -0.25) is 0 Å². The zero-order valence-corrected chi connectivity index (χ0v) is 7.75. The summed E-state index contributed by atoms with van der Waals surface area (Å²) in [4.78, 5) is 2.37. The zero-order chi connectivity index (χ0) is 8.60. The third-order valence-electron chi connectivity index (χ3n) is 3.46. The summed E-state index contributed by atoms with van der Waals surface area (Å²) in [6.07, 6.45) is 2.43. The van der Waals surface area contributed by atoms with Crippen LogP contribution >= 0.6 is 0 Å². The zero-order valence-electron chi connectivity index (χ0n) is 7.75. The number of nitrogens with two attached hydrogens (primary N) is 1. The second-order valence-electron chi connectivity index (χ2n) is 4.29. The van der Waals surface area contributed by atoms with Gasteiger partial charge in [0.1, 0.15) is 0 Å². The van der Waals surface area contributed by atoms with Crippen LogP contribution in [0.5, 0.6) is 0 Å². The van der Waals surface area contributed by atoms with Crippen molar-refractivity contribution in [2.45, 2.75) is 18.9 Å². The summed E-state index contributed by atoms with van der Waals surface area (Å²) in [5.74, 6) is 0. The molecule has 0 bridgehead atoms. The Morgan fingerprint density at radius 2 is 2.08 bits per heavy atom.